The minimum atomic E-state index is -0.114. The lowest BCUT2D eigenvalue weighted by atomic mass is 9.86. The number of amides is 1. The molecule has 2 aromatic rings. The molecule has 2 aromatic carbocycles. The molecule has 27 heavy (non-hydrogen) atoms. The number of rotatable bonds is 4. The third-order valence-electron chi connectivity index (χ3n) is 4.77. The number of hydrazone groups is 1. The van der Waals surface area contributed by atoms with Crippen LogP contribution in [-0.4, -0.2) is 17.2 Å². The second-order valence-corrected chi connectivity index (χ2v) is 9.20. The number of benzene rings is 2. The molecule has 2 atom stereocenters. The third kappa shape index (κ3) is 4.71. The third-order valence-corrected chi connectivity index (χ3v) is 5.51. The molecule has 1 fully saturated rings. The molecule has 0 heterocycles. The fraction of sp³-hybridized carbons (Fsp3) is 0.333. The lowest BCUT2D eigenvalue weighted by Gasteiger charge is -2.19. The number of aromatic hydroxyl groups is 1. The minimum Gasteiger partial charge on any atom is -0.506 e. The highest BCUT2D eigenvalue weighted by Gasteiger charge is 2.44. The highest BCUT2D eigenvalue weighted by atomic mass is 79.9. The summed E-state index contributed by atoms with van der Waals surface area (Å²) in [6.45, 7) is 6.55. The molecule has 1 aliphatic rings. The number of hydrogen-bond donors (Lipinski definition) is 2. The van der Waals surface area contributed by atoms with E-state index in [9.17, 15) is 9.90 Å². The van der Waals surface area contributed by atoms with Crippen LogP contribution in [0, 0.1) is 5.92 Å². The van der Waals surface area contributed by atoms with Crippen molar-refractivity contribution >= 4 is 39.7 Å². The average molecular weight is 450 g/mol. The van der Waals surface area contributed by atoms with Crippen molar-refractivity contribution in [3.8, 4) is 5.75 Å². The van der Waals surface area contributed by atoms with Crippen molar-refractivity contribution in [2.45, 2.75) is 38.5 Å². The van der Waals surface area contributed by atoms with E-state index < -0.39 is 0 Å². The summed E-state index contributed by atoms with van der Waals surface area (Å²) in [5, 5.41) is 14.1. The molecule has 4 nitrogen and oxygen atoms in total. The van der Waals surface area contributed by atoms with E-state index in [2.05, 4.69) is 71.5 Å². The number of hydrogen-bond acceptors (Lipinski definition) is 3. The Balaban J connectivity index is 1.59. The molecular weight excluding hydrogens is 428 g/mol. The standard InChI is InChI=1S/C21H22BrClN2O2/c1-21(2,3)14-6-4-12(5-7-14)16-10-17(16)20(27)25-24-11-13-8-15(22)9-18(23)19(13)26/h4-9,11,16-17,26H,10H2,1-3H3,(H,25,27)/b24-11+. The van der Waals surface area contributed by atoms with Crippen molar-refractivity contribution in [3.05, 3.63) is 62.6 Å². The highest BCUT2D eigenvalue weighted by molar-refractivity contribution is 9.10. The van der Waals surface area contributed by atoms with Crippen molar-refractivity contribution in [2.24, 2.45) is 11.0 Å². The van der Waals surface area contributed by atoms with Crippen LogP contribution in [-0.2, 0) is 10.2 Å². The molecule has 6 heteroatoms. The molecule has 0 aliphatic heterocycles. The van der Waals surface area contributed by atoms with Gasteiger partial charge in [0, 0.05) is 16.0 Å². The molecule has 0 bridgehead atoms. The first-order valence-corrected chi connectivity index (χ1v) is 9.95. The van der Waals surface area contributed by atoms with Crippen LogP contribution < -0.4 is 5.43 Å². The summed E-state index contributed by atoms with van der Waals surface area (Å²) in [5.74, 6) is -0.0110. The highest BCUT2D eigenvalue weighted by Crippen LogP contribution is 2.47. The number of phenols is 1. The fourth-order valence-electron chi connectivity index (χ4n) is 3.02. The summed E-state index contributed by atoms with van der Waals surface area (Å²) < 4.78 is 0.721. The van der Waals surface area contributed by atoms with Crippen molar-refractivity contribution in [3.63, 3.8) is 0 Å². The molecule has 0 aromatic heterocycles. The minimum absolute atomic E-state index is 0.0673. The Labute approximate surface area is 172 Å². The van der Waals surface area contributed by atoms with Gasteiger partial charge in [-0.1, -0.05) is 72.6 Å². The summed E-state index contributed by atoms with van der Waals surface area (Å²) in [5.41, 5.74) is 5.57. The van der Waals surface area contributed by atoms with Crippen LogP contribution in [0.25, 0.3) is 0 Å². The van der Waals surface area contributed by atoms with Crippen LogP contribution in [0.5, 0.6) is 5.75 Å². The normalized spacial score (nSPS) is 19.3. The van der Waals surface area contributed by atoms with E-state index in [1.807, 2.05) is 0 Å². The Hall–Kier alpha value is -1.85. The predicted molar refractivity (Wildman–Crippen MR) is 113 cm³/mol. The van der Waals surface area contributed by atoms with Crippen molar-refractivity contribution in [1.29, 1.82) is 0 Å². The van der Waals surface area contributed by atoms with Gasteiger partial charge >= 0.3 is 0 Å². The zero-order valence-electron chi connectivity index (χ0n) is 15.5. The molecule has 2 N–H and O–H groups in total. The first-order chi connectivity index (χ1) is 12.7. The Morgan fingerprint density at radius 3 is 2.59 bits per heavy atom. The van der Waals surface area contributed by atoms with Crippen molar-refractivity contribution < 1.29 is 9.90 Å². The fourth-order valence-corrected chi connectivity index (χ4v) is 3.85. The van der Waals surface area contributed by atoms with E-state index in [1.165, 1.54) is 17.3 Å². The Bertz CT molecular complexity index is 888. The van der Waals surface area contributed by atoms with Gasteiger partial charge in [0.1, 0.15) is 5.75 Å². The van der Waals surface area contributed by atoms with Crippen molar-refractivity contribution in [2.75, 3.05) is 0 Å². The van der Waals surface area contributed by atoms with E-state index >= 15 is 0 Å². The summed E-state index contributed by atoms with van der Waals surface area (Å²) in [4.78, 5) is 12.3. The molecule has 1 saturated carbocycles. The predicted octanol–water partition coefficient (Wildman–Crippen LogP) is 5.36. The van der Waals surface area contributed by atoms with Gasteiger partial charge in [-0.3, -0.25) is 4.79 Å². The largest absolute Gasteiger partial charge is 0.506 e. The van der Waals surface area contributed by atoms with E-state index in [-0.39, 0.29) is 33.9 Å². The van der Waals surface area contributed by atoms with Gasteiger partial charge in [0.2, 0.25) is 5.91 Å². The van der Waals surface area contributed by atoms with Gasteiger partial charge in [-0.15, -0.1) is 0 Å². The summed E-state index contributed by atoms with van der Waals surface area (Å²) in [7, 11) is 0. The van der Waals surface area contributed by atoms with E-state index in [0.717, 1.165) is 10.9 Å². The molecule has 2 unspecified atom stereocenters. The number of carbonyl (C=O) groups excluding carboxylic acids is 1. The van der Waals surface area contributed by atoms with E-state index in [0.29, 0.717) is 5.56 Å². The number of nitrogens with zero attached hydrogens (tertiary/aromatic N) is 1. The van der Waals surface area contributed by atoms with Gasteiger partial charge in [-0.05, 0) is 41.0 Å². The van der Waals surface area contributed by atoms with Gasteiger partial charge in [-0.2, -0.15) is 5.10 Å². The maximum atomic E-state index is 12.3. The molecule has 0 spiro atoms. The lowest BCUT2D eigenvalue weighted by Crippen LogP contribution is -2.20. The average Bonchev–Trinajstić information content (AvgIpc) is 3.39. The van der Waals surface area contributed by atoms with E-state index in [4.69, 9.17) is 11.6 Å². The smallest absolute Gasteiger partial charge is 0.243 e. The second-order valence-electron chi connectivity index (χ2n) is 7.88. The number of halogens is 2. The lowest BCUT2D eigenvalue weighted by molar-refractivity contribution is -0.122. The van der Waals surface area contributed by atoms with E-state index in [1.54, 1.807) is 12.1 Å². The van der Waals surface area contributed by atoms with Crippen LogP contribution in [0.1, 0.15) is 49.8 Å². The van der Waals surface area contributed by atoms with Crippen molar-refractivity contribution in [1.82, 2.24) is 5.43 Å². The summed E-state index contributed by atoms with van der Waals surface area (Å²) in [6.07, 6.45) is 2.21. The molecule has 1 aliphatic carbocycles. The maximum absolute atomic E-state index is 12.3. The maximum Gasteiger partial charge on any atom is 0.243 e. The Morgan fingerprint density at radius 2 is 1.96 bits per heavy atom. The van der Waals surface area contributed by atoms with Crippen LogP contribution in [0.2, 0.25) is 5.02 Å². The zero-order valence-corrected chi connectivity index (χ0v) is 17.8. The van der Waals surface area contributed by atoms with Gasteiger partial charge in [-0.25, -0.2) is 5.43 Å². The number of nitrogens with one attached hydrogen (secondary N) is 1. The topological polar surface area (TPSA) is 61.7 Å². The molecular formula is C21H22BrClN2O2. The zero-order chi connectivity index (χ0) is 19.8. The number of phenolic OH excluding ortho intramolecular Hbond substituents is 1. The monoisotopic (exact) mass is 448 g/mol. The second kappa shape index (κ2) is 7.64. The van der Waals surface area contributed by atoms with Crippen LogP contribution in [0.4, 0.5) is 0 Å². The van der Waals surface area contributed by atoms with Gasteiger partial charge < -0.3 is 5.11 Å². The SMILES string of the molecule is CC(C)(C)c1ccc(C2CC2C(=O)N/N=C/c2cc(Br)cc(Cl)c2O)cc1. The quantitative estimate of drug-likeness (QED) is 0.487. The first-order valence-electron chi connectivity index (χ1n) is 8.78. The number of carbonyl (C=O) groups is 1. The molecule has 1 amide bonds. The summed E-state index contributed by atoms with van der Waals surface area (Å²) >= 11 is 9.23. The van der Waals surface area contributed by atoms with Gasteiger partial charge in [0.05, 0.1) is 11.2 Å². The van der Waals surface area contributed by atoms with Gasteiger partial charge in [0.15, 0.2) is 0 Å². The first kappa shape index (κ1) is 19.9. The Morgan fingerprint density at radius 1 is 1.30 bits per heavy atom. The Kier molecular flexibility index (Phi) is 5.63. The molecule has 3 rings (SSSR count). The molecule has 142 valence electrons. The summed E-state index contributed by atoms with van der Waals surface area (Å²) in [6, 6.07) is 11.8. The van der Waals surface area contributed by atoms with Gasteiger partial charge in [0.25, 0.3) is 0 Å². The van der Waals surface area contributed by atoms with Crippen LogP contribution in [0.3, 0.4) is 0 Å². The molecule has 0 radical (unpaired) electrons. The molecule has 0 saturated heterocycles. The van der Waals surface area contributed by atoms with Crippen LogP contribution >= 0.6 is 27.5 Å². The van der Waals surface area contributed by atoms with Crippen LogP contribution in [0.15, 0.2) is 46.0 Å².